The molecule has 0 aromatic heterocycles. The van der Waals surface area contributed by atoms with Gasteiger partial charge in [0.1, 0.15) is 11.7 Å². The van der Waals surface area contributed by atoms with E-state index in [1.54, 1.807) is 12.1 Å². The fraction of sp³-hybridized carbons (Fsp3) is 0.312. The summed E-state index contributed by atoms with van der Waals surface area (Å²) in [6.07, 6.45) is 0. The number of hydrogen-bond donors (Lipinski definition) is 3. The lowest BCUT2D eigenvalue weighted by atomic mass is 10.0. The van der Waals surface area contributed by atoms with Gasteiger partial charge >= 0.3 is 5.97 Å². The summed E-state index contributed by atoms with van der Waals surface area (Å²) < 4.78 is 24.8. The van der Waals surface area contributed by atoms with Crippen LogP contribution in [0.1, 0.15) is 15.9 Å². The van der Waals surface area contributed by atoms with E-state index in [0.717, 1.165) is 5.56 Å². The molecule has 2 aliphatic rings. The minimum absolute atomic E-state index is 0.250. The van der Waals surface area contributed by atoms with Crippen molar-refractivity contribution in [1.82, 2.24) is 10.2 Å². The maximum Gasteiger partial charge on any atom is 0.352 e. The molecule has 26 heavy (non-hydrogen) atoms. The lowest BCUT2D eigenvalue weighted by molar-refractivity contribution is -0.149. The van der Waals surface area contributed by atoms with Gasteiger partial charge in [-0.1, -0.05) is 17.7 Å². The molecule has 2 heterocycles. The first-order chi connectivity index (χ1) is 12.2. The normalized spacial score (nSPS) is 23.9. The van der Waals surface area contributed by atoms with E-state index in [2.05, 4.69) is 5.32 Å². The summed E-state index contributed by atoms with van der Waals surface area (Å²) in [7, 11) is -3.96. The number of fused-ring (bicyclic) bond motifs is 1. The number of aliphatic hydroxyl groups excluding tert-OH is 1. The van der Waals surface area contributed by atoms with Crippen molar-refractivity contribution in [2.24, 2.45) is 0 Å². The Hall–Kier alpha value is -2.72. The lowest BCUT2D eigenvalue weighted by Crippen LogP contribution is -2.74. The van der Waals surface area contributed by atoms with E-state index >= 15 is 0 Å². The zero-order valence-corrected chi connectivity index (χ0v) is 14.5. The molecule has 0 saturated carbocycles. The van der Waals surface area contributed by atoms with Crippen LogP contribution in [0.5, 0.6) is 0 Å². The van der Waals surface area contributed by atoms with Gasteiger partial charge in [-0.3, -0.25) is 14.5 Å². The molecule has 1 fully saturated rings. The first-order valence-corrected chi connectivity index (χ1v) is 9.37. The molecule has 2 amide bonds. The quantitative estimate of drug-likeness (QED) is 0.570. The smallest absolute Gasteiger partial charge is 0.352 e. The second kappa shape index (κ2) is 6.22. The van der Waals surface area contributed by atoms with E-state index in [4.69, 9.17) is 0 Å². The Morgan fingerprint density at radius 1 is 1.27 bits per heavy atom. The highest BCUT2D eigenvalue weighted by molar-refractivity contribution is 7.92. The van der Waals surface area contributed by atoms with Crippen LogP contribution in [-0.4, -0.2) is 65.1 Å². The summed E-state index contributed by atoms with van der Waals surface area (Å²) in [5, 5.41) is 19.4. The molecule has 9 nitrogen and oxygen atoms in total. The van der Waals surface area contributed by atoms with Crippen LogP contribution < -0.4 is 5.32 Å². The number of benzene rings is 1. The second-order valence-corrected chi connectivity index (χ2v) is 8.24. The number of sulfone groups is 1. The Morgan fingerprint density at radius 3 is 2.42 bits per heavy atom. The molecular weight excluding hydrogens is 364 g/mol. The van der Waals surface area contributed by atoms with Crippen LogP contribution >= 0.6 is 0 Å². The monoisotopic (exact) mass is 380 g/mol. The molecule has 3 N–H and O–H groups in total. The van der Waals surface area contributed by atoms with E-state index in [-0.39, 0.29) is 11.1 Å². The Morgan fingerprint density at radius 2 is 1.88 bits per heavy atom. The van der Waals surface area contributed by atoms with Gasteiger partial charge < -0.3 is 15.5 Å². The average molecular weight is 380 g/mol. The summed E-state index contributed by atoms with van der Waals surface area (Å²) in [5.41, 5.74) is 0.374. The molecule has 0 bridgehead atoms. The molecule has 2 aliphatic heterocycles. The van der Waals surface area contributed by atoms with Crippen molar-refractivity contribution in [3.05, 3.63) is 46.7 Å². The molecule has 10 heteroatoms. The molecule has 1 aromatic carbocycles. The van der Waals surface area contributed by atoms with Gasteiger partial charge in [0.05, 0.1) is 12.4 Å². The van der Waals surface area contributed by atoms with Crippen molar-refractivity contribution in [3.8, 4) is 0 Å². The SMILES string of the molecule is Cc1ccc(C(=O)N[C@H]2C(=O)N3C(C(=O)O)=C(CO)CS(=O)(=O)[C@@H]23)cc1. The summed E-state index contributed by atoms with van der Waals surface area (Å²) in [5.74, 6) is -3.67. The third-order valence-electron chi connectivity index (χ3n) is 4.36. The Bertz CT molecular complexity index is 934. The van der Waals surface area contributed by atoms with Gasteiger partial charge in [0.25, 0.3) is 11.8 Å². The molecule has 2 atom stereocenters. The number of carbonyl (C=O) groups excluding carboxylic acids is 2. The first-order valence-electron chi connectivity index (χ1n) is 7.65. The number of rotatable bonds is 4. The van der Waals surface area contributed by atoms with Gasteiger partial charge in [-0.25, -0.2) is 13.2 Å². The topological polar surface area (TPSA) is 141 Å². The predicted octanol–water partition coefficient (Wildman–Crippen LogP) is -0.979. The van der Waals surface area contributed by atoms with Crippen LogP contribution in [0.3, 0.4) is 0 Å². The number of carbonyl (C=O) groups is 3. The number of hydrogen-bond acceptors (Lipinski definition) is 6. The van der Waals surface area contributed by atoms with Crippen LogP contribution in [0.25, 0.3) is 0 Å². The van der Waals surface area contributed by atoms with Crippen LogP contribution in [0.15, 0.2) is 35.5 Å². The van der Waals surface area contributed by atoms with Gasteiger partial charge in [0.15, 0.2) is 15.2 Å². The van der Waals surface area contributed by atoms with E-state index in [1.165, 1.54) is 12.1 Å². The van der Waals surface area contributed by atoms with Crippen molar-refractivity contribution in [2.45, 2.75) is 18.3 Å². The van der Waals surface area contributed by atoms with Crippen LogP contribution in [0, 0.1) is 6.92 Å². The summed E-state index contributed by atoms with van der Waals surface area (Å²) in [6, 6.07) is 5.09. The number of carboxylic acid groups (broad SMARTS) is 1. The third-order valence-corrected chi connectivity index (χ3v) is 6.33. The van der Waals surface area contributed by atoms with E-state index in [0.29, 0.717) is 4.90 Å². The molecule has 0 aliphatic carbocycles. The zero-order valence-electron chi connectivity index (χ0n) is 13.7. The van der Waals surface area contributed by atoms with E-state index in [9.17, 15) is 33.0 Å². The van der Waals surface area contributed by atoms with Crippen LogP contribution in [0.2, 0.25) is 0 Å². The molecule has 138 valence electrons. The van der Waals surface area contributed by atoms with Crippen LogP contribution in [-0.2, 0) is 19.4 Å². The fourth-order valence-corrected chi connectivity index (χ4v) is 5.09. The maximum absolute atomic E-state index is 12.4. The number of carboxylic acids is 1. The summed E-state index contributed by atoms with van der Waals surface area (Å²) >= 11 is 0. The van der Waals surface area contributed by atoms with E-state index < -0.39 is 57.1 Å². The minimum Gasteiger partial charge on any atom is -0.477 e. The number of nitrogens with one attached hydrogen (secondary N) is 1. The summed E-state index contributed by atoms with van der Waals surface area (Å²) in [6.45, 7) is 1.04. The van der Waals surface area contributed by atoms with Crippen molar-refractivity contribution in [2.75, 3.05) is 12.4 Å². The standard InChI is InChI=1S/C16H16N2O7S/c1-8-2-4-9(5-3-8)13(20)17-11-14(21)18-12(16(22)23)10(6-19)7-26(24,25)15(11)18/h2-5,11,15,19H,6-7H2,1H3,(H,17,20)(H,22,23)/t11-,15-/m0/s1. The molecule has 0 radical (unpaired) electrons. The number of amides is 2. The van der Waals surface area contributed by atoms with E-state index in [1.807, 2.05) is 6.92 Å². The lowest BCUT2D eigenvalue weighted by Gasteiger charge is -2.48. The Balaban J connectivity index is 1.90. The Kier molecular flexibility index (Phi) is 4.32. The van der Waals surface area contributed by atoms with Crippen molar-refractivity contribution in [1.29, 1.82) is 0 Å². The van der Waals surface area contributed by atoms with Gasteiger partial charge in [0, 0.05) is 11.1 Å². The number of aliphatic hydroxyl groups is 1. The zero-order chi connectivity index (χ0) is 19.2. The average Bonchev–Trinajstić information content (AvgIpc) is 2.58. The van der Waals surface area contributed by atoms with Gasteiger partial charge in [-0.15, -0.1) is 0 Å². The van der Waals surface area contributed by atoms with Crippen LogP contribution in [0.4, 0.5) is 0 Å². The number of β-lactam (4-membered cyclic amide) rings is 1. The van der Waals surface area contributed by atoms with Crippen molar-refractivity contribution in [3.63, 3.8) is 0 Å². The molecule has 0 spiro atoms. The molecule has 3 rings (SSSR count). The highest BCUT2D eigenvalue weighted by Crippen LogP contribution is 2.36. The molecule has 0 unspecified atom stereocenters. The third kappa shape index (κ3) is 2.76. The summed E-state index contributed by atoms with van der Waals surface area (Å²) in [4.78, 5) is 36.7. The highest BCUT2D eigenvalue weighted by atomic mass is 32.2. The second-order valence-electron chi connectivity index (χ2n) is 6.14. The molecule has 1 saturated heterocycles. The highest BCUT2D eigenvalue weighted by Gasteiger charge is 2.60. The number of nitrogens with zero attached hydrogens (tertiary/aromatic N) is 1. The van der Waals surface area contributed by atoms with Crippen molar-refractivity contribution >= 4 is 27.6 Å². The number of aliphatic carboxylic acids is 1. The Labute approximate surface area is 148 Å². The molecular formula is C16H16N2O7S. The van der Waals surface area contributed by atoms with Gasteiger partial charge in [-0.05, 0) is 19.1 Å². The first kappa shape index (κ1) is 18.1. The maximum atomic E-state index is 12.4. The number of aryl methyl sites for hydroxylation is 1. The predicted molar refractivity (Wildman–Crippen MR) is 88.6 cm³/mol. The van der Waals surface area contributed by atoms with Crippen molar-refractivity contribution < 1.29 is 33.0 Å². The fourth-order valence-electron chi connectivity index (χ4n) is 3.07. The van der Waals surface area contributed by atoms with Gasteiger partial charge in [0.2, 0.25) is 0 Å². The van der Waals surface area contributed by atoms with Gasteiger partial charge in [-0.2, -0.15) is 0 Å². The minimum atomic E-state index is -3.96. The largest absolute Gasteiger partial charge is 0.477 e. The molecule has 1 aromatic rings.